The first-order chi connectivity index (χ1) is 5.16. The van der Waals surface area contributed by atoms with E-state index in [4.69, 9.17) is 5.73 Å². The van der Waals surface area contributed by atoms with E-state index in [0.29, 0.717) is 12.2 Å². The van der Waals surface area contributed by atoms with E-state index in [1.54, 1.807) is 0 Å². The molecular weight excluding hydrogens is 162 g/mol. The summed E-state index contributed by atoms with van der Waals surface area (Å²) in [6.45, 7) is 3.32. The number of carbonyl (C=O) groups excluding carboxylic acids is 2. The van der Waals surface area contributed by atoms with E-state index in [-0.39, 0.29) is 17.4 Å². The van der Waals surface area contributed by atoms with Crippen molar-refractivity contribution < 1.29 is 9.59 Å². The Balaban J connectivity index is 3.21. The lowest BCUT2D eigenvalue weighted by Gasteiger charge is -1.94. The number of primary amides is 1. The molecule has 0 unspecified atom stereocenters. The summed E-state index contributed by atoms with van der Waals surface area (Å²) < 4.78 is 0. The zero-order valence-electron chi connectivity index (χ0n) is 6.21. The molecule has 0 radical (unpaired) electrons. The van der Waals surface area contributed by atoms with Crippen LogP contribution in [0.1, 0.15) is 6.42 Å². The van der Waals surface area contributed by atoms with E-state index in [1.807, 2.05) is 0 Å². The number of carbonyl (C=O) groups is 2. The van der Waals surface area contributed by atoms with E-state index in [0.717, 1.165) is 0 Å². The second kappa shape index (κ2) is 5.97. The average Bonchev–Trinajstić information content (AvgIpc) is 1.97. The van der Waals surface area contributed by atoms with Crippen LogP contribution in [0.4, 0.5) is 0 Å². The van der Waals surface area contributed by atoms with Crippen molar-refractivity contribution in [2.45, 2.75) is 6.42 Å². The summed E-state index contributed by atoms with van der Waals surface area (Å²) in [4.78, 5) is 20.8. The summed E-state index contributed by atoms with van der Waals surface area (Å²) in [6, 6.07) is 0. The molecule has 0 fully saturated rings. The minimum Gasteiger partial charge on any atom is -0.369 e. The highest BCUT2D eigenvalue weighted by Crippen LogP contribution is 2.01. The molecule has 2 N–H and O–H groups in total. The molecule has 0 aromatic heterocycles. The standard InChI is InChI=1S/C7H11NO2S/c1-2-6(9)3-4-11-5-7(8)10/h2H,1,3-5H2,(H2,8,10). The van der Waals surface area contributed by atoms with Crippen molar-refractivity contribution in [2.24, 2.45) is 5.73 Å². The highest BCUT2D eigenvalue weighted by molar-refractivity contribution is 7.99. The van der Waals surface area contributed by atoms with Crippen molar-refractivity contribution in [2.75, 3.05) is 11.5 Å². The molecule has 0 aliphatic rings. The van der Waals surface area contributed by atoms with Crippen LogP contribution < -0.4 is 5.73 Å². The van der Waals surface area contributed by atoms with Crippen LogP contribution in [0.25, 0.3) is 0 Å². The van der Waals surface area contributed by atoms with Crippen LogP contribution in [0, 0.1) is 0 Å². The lowest BCUT2D eigenvalue weighted by Crippen LogP contribution is -2.13. The number of ketones is 1. The lowest BCUT2D eigenvalue weighted by molar-refractivity contribution is -0.116. The Bertz CT molecular complexity index is 168. The van der Waals surface area contributed by atoms with Gasteiger partial charge in [0.05, 0.1) is 5.75 Å². The van der Waals surface area contributed by atoms with Gasteiger partial charge in [-0.1, -0.05) is 6.58 Å². The summed E-state index contributed by atoms with van der Waals surface area (Å²) in [5.41, 5.74) is 4.88. The molecule has 62 valence electrons. The van der Waals surface area contributed by atoms with E-state index in [2.05, 4.69) is 6.58 Å². The third kappa shape index (κ3) is 7.12. The predicted octanol–water partition coefficient (Wildman–Crippen LogP) is 0.350. The Morgan fingerprint density at radius 1 is 1.55 bits per heavy atom. The third-order valence-electron chi connectivity index (χ3n) is 0.965. The minimum atomic E-state index is -0.346. The number of rotatable bonds is 6. The maximum Gasteiger partial charge on any atom is 0.227 e. The van der Waals surface area contributed by atoms with E-state index >= 15 is 0 Å². The van der Waals surface area contributed by atoms with Crippen LogP contribution >= 0.6 is 11.8 Å². The molecule has 0 rings (SSSR count). The van der Waals surface area contributed by atoms with Gasteiger partial charge in [0.15, 0.2) is 5.78 Å². The highest BCUT2D eigenvalue weighted by Gasteiger charge is 1.97. The Labute approximate surface area is 70.0 Å². The van der Waals surface area contributed by atoms with Crippen LogP contribution in [-0.4, -0.2) is 23.2 Å². The molecule has 0 saturated heterocycles. The molecule has 0 aromatic carbocycles. The first kappa shape index (κ1) is 10.2. The van der Waals surface area contributed by atoms with Gasteiger partial charge in [0, 0.05) is 12.2 Å². The summed E-state index contributed by atoms with van der Waals surface area (Å²) in [7, 11) is 0. The van der Waals surface area contributed by atoms with Crippen molar-refractivity contribution in [1.82, 2.24) is 0 Å². The Morgan fingerprint density at radius 3 is 2.64 bits per heavy atom. The van der Waals surface area contributed by atoms with Gasteiger partial charge in [-0.2, -0.15) is 11.8 Å². The molecule has 0 atom stereocenters. The zero-order chi connectivity index (χ0) is 8.69. The molecular formula is C7H11NO2S. The fraction of sp³-hybridized carbons (Fsp3) is 0.429. The number of amides is 1. The van der Waals surface area contributed by atoms with Crippen LogP contribution in [0.3, 0.4) is 0 Å². The highest BCUT2D eigenvalue weighted by atomic mass is 32.2. The quantitative estimate of drug-likeness (QED) is 0.465. The third-order valence-corrected chi connectivity index (χ3v) is 1.95. The van der Waals surface area contributed by atoms with Crippen LogP contribution in [0.15, 0.2) is 12.7 Å². The predicted molar refractivity (Wildman–Crippen MR) is 46.3 cm³/mol. The molecule has 0 aromatic rings. The molecule has 0 heterocycles. The van der Waals surface area contributed by atoms with Gasteiger partial charge < -0.3 is 5.73 Å². The minimum absolute atomic E-state index is 0.00182. The lowest BCUT2D eigenvalue weighted by atomic mass is 10.3. The van der Waals surface area contributed by atoms with Gasteiger partial charge in [-0.25, -0.2) is 0 Å². The van der Waals surface area contributed by atoms with Crippen molar-refractivity contribution >= 4 is 23.5 Å². The Hall–Kier alpha value is -0.770. The number of thioether (sulfide) groups is 1. The Kier molecular flexibility index (Phi) is 5.56. The van der Waals surface area contributed by atoms with Gasteiger partial charge in [-0.05, 0) is 6.08 Å². The smallest absolute Gasteiger partial charge is 0.227 e. The maximum atomic E-state index is 10.6. The molecule has 1 amide bonds. The van der Waals surface area contributed by atoms with Crippen LogP contribution in [0.2, 0.25) is 0 Å². The van der Waals surface area contributed by atoms with Crippen molar-refractivity contribution in [3.63, 3.8) is 0 Å². The number of hydrogen-bond donors (Lipinski definition) is 1. The van der Waals surface area contributed by atoms with Crippen molar-refractivity contribution in [1.29, 1.82) is 0 Å². The topological polar surface area (TPSA) is 60.2 Å². The normalized spacial score (nSPS) is 9.09. The largest absolute Gasteiger partial charge is 0.369 e. The summed E-state index contributed by atoms with van der Waals surface area (Å²) in [5.74, 6) is 0.570. The van der Waals surface area contributed by atoms with Crippen LogP contribution in [-0.2, 0) is 9.59 Å². The first-order valence-corrected chi connectivity index (χ1v) is 4.33. The monoisotopic (exact) mass is 173 g/mol. The molecule has 0 aliphatic carbocycles. The Morgan fingerprint density at radius 2 is 2.18 bits per heavy atom. The molecule has 11 heavy (non-hydrogen) atoms. The van der Waals surface area contributed by atoms with Gasteiger partial charge in [0.1, 0.15) is 0 Å². The molecule has 4 heteroatoms. The number of hydrogen-bond acceptors (Lipinski definition) is 3. The average molecular weight is 173 g/mol. The summed E-state index contributed by atoms with van der Waals surface area (Å²) in [6.07, 6.45) is 1.71. The second-order valence-corrected chi connectivity index (χ2v) is 3.04. The molecule has 0 aliphatic heterocycles. The molecule has 0 bridgehead atoms. The van der Waals surface area contributed by atoms with E-state index in [1.165, 1.54) is 17.8 Å². The van der Waals surface area contributed by atoms with Gasteiger partial charge in [-0.3, -0.25) is 9.59 Å². The summed E-state index contributed by atoms with van der Waals surface area (Å²) in [5, 5.41) is 0. The van der Waals surface area contributed by atoms with Gasteiger partial charge >= 0.3 is 0 Å². The first-order valence-electron chi connectivity index (χ1n) is 3.18. The van der Waals surface area contributed by atoms with Gasteiger partial charge in [-0.15, -0.1) is 0 Å². The number of allylic oxidation sites excluding steroid dienone is 1. The summed E-state index contributed by atoms with van der Waals surface area (Å²) >= 11 is 1.36. The van der Waals surface area contributed by atoms with Gasteiger partial charge in [0.25, 0.3) is 0 Å². The fourth-order valence-corrected chi connectivity index (χ4v) is 1.14. The van der Waals surface area contributed by atoms with E-state index < -0.39 is 0 Å². The van der Waals surface area contributed by atoms with Gasteiger partial charge in [0.2, 0.25) is 5.91 Å². The number of nitrogens with two attached hydrogens (primary N) is 1. The van der Waals surface area contributed by atoms with Crippen molar-refractivity contribution in [3.8, 4) is 0 Å². The zero-order valence-corrected chi connectivity index (χ0v) is 7.02. The molecule has 0 spiro atoms. The van der Waals surface area contributed by atoms with Crippen LogP contribution in [0.5, 0.6) is 0 Å². The maximum absolute atomic E-state index is 10.6. The van der Waals surface area contributed by atoms with Crippen molar-refractivity contribution in [3.05, 3.63) is 12.7 Å². The van der Waals surface area contributed by atoms with E-state index in [9.17, 15) is 9.59 Å². The SMILES string of the molecule is C=CC(=O)CCSCC(N)=O. The molecule has 3 nitrogen and oxygen atoms in total. The second-order valence-electron chi connectivity index (χ2n) is 1.94. The molecule has 0 saturated carbocycles. The fourth-order valence-electron chi connectivity index (χ4n) is 0.448.